The summed E-state index contributed by atoms with van der Waals surface area (Å²) in [7, 11) is 0. The Hall–Kier alpha value is -1.55. The van der Waals surface area contributed by atoms with Gasteiger partial charge in [-0.3, -0.25) is 9.59 Å². The number of anilines is 1. The summed E-state index contributed by atoms with van der Waals surface area (Å²) in [5.41, 5.74) is 1.14. The Balaban J connectivity index is 2.87. The number of hydrogen-bond donors (Lipinski definition) is 1. The zero-order valence-electron chi connectivity index (χ0n) is 10.6. The summed E-state index contributed by atoms with van der Waals surface area (Å²) in [5.74, 6) is -0.431. The van der Waals surface area contributed by atoms with Crippen molar-refractivity contribution in [3.63, 3.8) is 0 Å². The highest BCUT2D eigenvalue weighted by Crippen LogP contribution is 2.13. The molecular formula is C13H17ClN2O2. The topological polar surface area (TPSA) is 49.4 Å². The molecule has 0 aliphatic rings. The molecule has 0 bridgehead atoms. The predicted molar refractivity (Wildman–Crippen MR) is 73.0 cm³/mol. The van der Waals surface area contributed by atoms with Crippen LogP contribution in [0.3, 0.4) is 0 Å². The van der Waals surface area contributed by atoms with E-state index in [1.54, 1.807) is 29.2 Å². The quantitative estimate of drug-likeness (QED) is 0.834. The highest BCUT2D eigenvalue weighted by atomic mass is 35.5. The fraction of sp³-hybridized carbons (Fsp3) is 0.385. The van der Waals surface area contributed by atoms with Crippen LogP contribution in [-0.2, 0) is 4.79 Å². The Morgan fingerprint density at radius 2 is 1.94 bits per heavy atom. The van der Waals surface area contributed by atoms with Crippen LogP contribution in [-0.4, -0.2) is 35.7 Å². The number of amides is 2. The number of hydrogen-bond acceptors (Lipinski definition) is 2. The lowest BCUT2D eigenvalue weighted by Gasteiger charge is -2.18. The van der Waals surface area contributed by atoms with Crippen LogP contribution >= 0.6 is 11.6 Å². The number of halogens is 1. The Morgan fingerprint density at radius 1 is 1.28 bits per heavy atom. The van der Waals surface area contributed by atoms with E-state index < -0.39 is 0 Å². The van der Waals surface area contributed by atoms with Gasteiger partial charge in [-0.25, -0.2) is 0 Å². The molecule has 1 aromatic rings. The molecule has 0 spiro atoms. The van der Waals surface area contributed by atoms with Crippen LogP contribution in [0.2, 0.25) is 0 Å². The Morgan fingerprint density at radius 3 is 2.50 bits per heavy atom. The van der Waals surface area contributed by atoms with Gasteiger partial charge in [-0.15, -0.1) is 11.6 Å². The SMILES string of the molecule is CCN(CC)C(=O)c1cccc(NC(=O)CCl)c1. The molecule has 1 aromatic carbocycles. The van der Waals surface area contributed by atoms with Crippen molar-refractivity contribution in [1.82, 2.24) is 4.90 Å². The molecule has 0 radical (unpaired) electrons. The van der Waals surface area contributed by atoms with Crippen LogP contribution < -0.4 is 5.32 Å². The van der Waals surface area contributed by atoms with Gasteiger partial charge in [0.25, 0.3) is 5.91 Å². The van der Waals surface area contributed by atoms with Crippen molar-refractivity contribution in [1.29, 1.82) is 0 Å². The molecular weight excluding hydrogens is 252 g/mol. The maximum absolute atomic E-state index is 12.1. The van der Waals surface area contributed by atoms with Gasteiger partial charge in [-0.05, 0) is 32.0 Å². The molecule has 5 heteroatoms. The average molecular weight is 269 g/mol. The first kappa shape index (κ1) is 14.5. The molecule has 0 heterocycles. The lowest BCUT2D eigenvalue weighted by molar-refractivity contribution is -0.113. The van der Waals surface area contributed by atoms with E-state index in [0.29, 0.717) is 24.3 Å². The summed E-state index contributed by atoms with van der Waals surface area (Å²) in [6.45, 7) is 5.18. The number of nitrogens with one attached hydrogen (secondary N) is 1. The van der Waals surface area contributed by atoms with Crippen molar-refractivity contribution >= 4 is 29.1 Å². The Kier molecular flexibility index (Phi) is 5.65. The molecule has 0 aliphatic carbocycles. The van der Waals surface area contributed by atoms with Crippen LogP contribution in [0.4, 0.5) is 5.69 Å². The first-order valence-corrected chi connectivity index (χ1v) is 6.41. The van der Waals surface area contributed by atoms with E-state index in [2.05, 4.69) is 5.32 Å². The molecule has 0 unspecified atom stereocenters. The summed E-state index contributed by atoms with van der Waals surface area (Å²) < 4.78 is 0. The number of alkyl halides is 1. The summed E-state index contributed by atoms with van der Waals surface area (Å²) in [4.78, 5) is 25.0. The minimum absolute atomic E-state index is 0.0398. The monoisotopic (exact) mass is 268 g/mol. The lowest BCUT2D eigenvalue weighted by atomic mass is 10.1. The lowest BCUT2D eigenvalue weighted by Crippen LogP contribution is -2.30. The van der Waals surface area contributed by atoms with Crippen LogP contribution in [0.1, 0.15) is 24.2 Å². The maximum atomic E-state index is 12.1. The van der Waals surface area contributed by atoms with Crippen molar-refractivity contribution in [3.8, 4) is 0 Å². The number of carbonyl (C=O) groups is 2. The number of nitrogens with zero attached hydrogens (tertiary/aromatic N) is 1. The van der Waals surface area contributed by atoms with Crippen molar-refractivity contribution in [2.45, 2.75) is 13.8 Å². The molecule has 1 N–H and O–H groups in total. The van der Waals surface area contributed by atoms with E-state index in [-0.39, 0.29) is 17.7 Å². The Labute approximate surface area is 112 Å². The molecule has 0 aliphatic heterocycles. The molecule has 0 saturated heterocycles. The molecule has 18 heavy (non-hydrogen) atoms. The zero-order valence-corrected chi connectivity index (χ0v) is 11.3. The van der Waals surface area contributed by atoms with Gasteiger partial charge in [0.15, 0.2) is 0 Å². The molecule has 4 nitrogen and oxygen atoms in total. The molecule has 2 amide bonds. The predicted octanol–water partition coefficient (Wildman–Crippen LogP) is 2.35. The average Bonchev–Trinajstić information content (AvgIpc) is 2.40. The molecule has 0 atom stereocenters. The second-order valence-corrected chi connectivity index (χ2v) is 4.01. The highest BCUT2D eigenvalue weighted by molar-refractivity contribution is 6.29. The van der Waals surface area contributed by atoms with Crippen molar-refractivity contribution < 1.29 is 9.59 Å². The second kappa shape index (κ2) is 7.01. The molecule has 0 aromatic heterocycles. The van der Waals surface area contributed by atoms with Gasteiger partial charge in [-0.1, -0.05) is 6.07 Å². The van der Waals surface area contributed by atoms with Crippen molar-refractivity contribution in [3.05, 3.63) is 29.8 Å². The summed E-state index contributed by atoms with van der Waals surface area (Å²) in [6, 6.07) is 6.85. The van der Waals surface area contributed by atoms with Crippen LogP contribution in [0.5, 0.6) is 0 Å². The molecule has 1 rings (SSSR count). The molecule has 0 fully saturated rings. The number of benzene rings is 1. The third kappa shape index (κ3) is 3.74. The minimum atomic E-state index is -0.288. The normalized spacial score (nSPS) is 9.94. The van der Waals surface area contributed by atoms with Crippen LogP contribution in [0.25, 0.3) is 0 Å². The second-order valence-electron chi connectivity index (χ2n) is 3.74. The standard InChI is InChI=1S/C13H17ClN2O2/c1-3-16(4-2)13(18)10-6-5-7-11(8-10)15-12(17)9-14/h5-8H,3-4,9H2,1-2H3,(H,15,17). The van der Waals surface area contributed by atoms with E-state index in [4.69, 9.17) is 11.6 Å². The summed E-state index contributed by atoms with van der Waals surface area (Å²) in [5, 5.41) is 2.62. The fourth-order valence-corrected chi connectivity index (χ4v) is 1.68. The summed E-state index contributed by atoms with van der Waals surface area (Å²) in [6.07, 6.45) is 0. The van der Waals surface area contributed by atoms with Crippen molar-refractivity contribution in [2.24, 2.45) is 0 Å². The Bertz CT molecular complexity index is 431. The smallest absolute Gasteiger partial charge is 0.253 e. The van der Waals surface area contributed by atoms with E-state index in [1.807, 2.05) is 13.8 Å². The number of carbonyl (C=O) groups excluding carboxylic acids is 2. The van der Waals surface area contributed by atoms with Gasteiger partial charge >= 0.3 is 0 Å². The van der Waals surface area contributed by atoms with E-state index in [9.17, 15) is 9.59 Å². The van der Waals surface area contributed by atoms with Crippen molar-refractivity contribution in [2.75, 3.05) is 24.3 Å². The van der Waals surface area contributed by atoms with Crippen LogP contribution in [0, 0.1) is 0 Å². The number of rotatable bonds is 5. The van der Waals surface area contributed by atoms with Gasteiger partial charge in [-0.2, -0.15) is 0 Å². The molecule has 0 saturated carbocycles. The van der Waals surface area contributed by atoms with Gasteiger partial charge < -0.3 is 10.2 Å². The third-order valence-corrected chi connectivity index (χ3v) is 2.81. The van der Waals surface area contributed by atoms with Gasteiger partial charge in [0, 0.05) is 24.3 Å². The van der Waals surface area contributed by atoms with Crippen LogP contribution in [0.15, 0.2) is 24.3 Å². The largest absolute Gasteiger partial charge is 0.339 e. The van der Waals surface area contributed by atoms with E-state index in [0.717, 1.165) is 0 Å². The van der Waals surface area contributed by atoms with Gasteiger partial charge in [0.2, 0.25) is 5.91 Å². The third-order valence-electron chi connectivity index (χ3n) is 2.57. The molecule has 98 valence electrons. The van der Waals surface area contributed by atoms with Gasteiger partial charge in [0.05, 0.1) is 0 Å². The first-order chi connectivity index (χ1) is 8.62. The zero-order chi connectivity index (χ0) is 13.5. The summed E-state index contributed by atoms with van der Waals surface area (Å²) >= 11 is 5.41. The minimum Gasteiger partial charge on any atom is -0.339 e. The van der Waals surface area contributed by atoms with Gasteiger partial charge in [0.1, 0.15) is 5.88 Å². The van der Waals surface area contributed by atoms with E-state index >= 15 is 0 Å². The first-order valence-electron chi connectivity index (χ1n) is 5.87. The fourth-order valence-electron chi connectivity index (χ4n) is 1.62. The van der Waals surface area contributed by atoms with E-state index in [1.165, 1.54) is 0 Å². The highest BCUT2D eigenvalue weighted by Gasteiger charge is 2.12. The maximum Gasteiger partial charge on any atom is 0.253 e.